The van der Waals surface area contributed by atoms with Gasteiger partial charge >= 0.3 is 0 Å². The number of hydrogen-bond acceptors (Lipinski definition) is 7. The molecule has 0 atom stereocenters. The summed E-state index contributed by atoms with van der Waals surface area (Å²) in [4.78, 5) is 44.1. The summed E-state index contributed by atoms with van der Waals surface area (Å²) < 4.78 is 10.8. The first-order valence-electron chi connectivity index (χ1n) is 11.1. The fraction of sp³-hybridized carbons (Fsp3) is 0.111. The first-order valence-corrected chi connectivity index (χ1v) is 12.1. The van der Waals surface area contributed by atoms with Crippen LogP contribution in [-0.4, -0.2) is 35.4 Å². The molecule has 0 fully saturated rings. The van der Waals surface area contributed by atoms with E-state index < -0.39 is 11.8 Å². The summed E-state index contributed by atoms with van der Waals surface area (Å²) in [6, 6.07) is 21.3. The number of aryl methyl sites for hydroxylation is 1. The minimum Gasteiger partial charge on any atom is -0.454 e. The Morgan fingerprint density at radius 2 is 1.78 bits per heavy atom. The normalized spacial score (nSPS) is 15.2. The van der Waals surface area contributed by atoms with Crippen molar-refractivity contribution in [3.63, 3.8) is 0 Å². The van der Waals surface area contributed by atoms with Gasteiger partial charge in [-0.2, -0.15) is 0 Å². The highest BCUT2D eigenvalue weighted by Crippen LogP contribution is 2.34. The summed E-state index contributed by atoms with van der Waals surface area (Å²) in [5.74, 6) is -0.134. The van der Waals surface area contributed by atoms with E-state index in [1.165, 1.54) is 4.90 Å². The van der Waals surface area contributed by atoms with Gasteiger partial charge in [0, 0.05) is 5.56 Å². The molecule has 0 saturated heterocycles. The van der Waals surface area contributed by atoms with Crippen molar-refractivity contribution in [2.45, 2.75) is 6.92 Å². The molecule has 8 nitrogen and oxygen atoms in total. The van der Waals surface area contributed by atoms with Gasteiger partial charge in [0.25, 0.3) is 11.8 Å². The lowest BCUT2D eigenvalue weighted by molar-refractivity contribution is -0.117. The number of rotatable bonds is 5. The first-order chi connectivity index (χ1) is 17.5. The van der Waals surface area contributed by atoms with E-state index in [-0.39, 0.29) is 24.2 Å². The van der Waals surface area contributed by atoms with Crippen LogP contribution in [0.4, 0.5) is 5.69 Å². The summed E-state index contributed by atoms with van der Waals surface area (Å²) in [6.07, 6.45) is 1.66. The monoisotopic (exact) mass is 499 g/mol. The molecule has 5 rings (SSSR count). The fourth-order valence-corrected chi connectivity index (χ4v) is 4.44. The third kappa shape index (κ3) is 5.01. The van der Waals surface area contributed by atoms with Crippen molar-refractivity contribution in [3.8, 4) is 11.5 Å². The van der Waals surface area contributed by atoms with Crippen LogP contribution in [0.3, 0.4) is 0 Å². The summed E-state index contributed by atoms with van der Waals surface area (Å²) in [7, 11) is 0. The van der Waals surface area contributed by atoms with E-state index in [1.807, 2.05) is 37.3 Å². The summed E-state index contributed by atoms with van der Waals surface area (Å²) in [6.45, 7) is 2.11. The molecular formula is C27H21N3O5S. The van der Waals surface area contributed by atoms with Crippen LogP contribution in [0.2, 0.25) is 0 Å². The van der Waals surface area contributed by atoms with Crippen LogP contribution >= 0.6 is 11.8 Å². The molecule has 1 N–H and O–H groups in total. The van der Waals surface area contributed by atoms with E-state index >= 15 is 0 Å². The average Bonchev–Trinajstić information content (AvgIpc) is 3.48. The maximum absolute atomic E-state index is 13.4. The number of carbonyl (C=O) groups excluding carboxylic acids is 3. The van der Waals surface area contributed by atoms with Gasteiger partial charge in [0.1, 0.15) is 5.70 Å². The van der Waals surface area contributed by atoms with E-state index in [2.05, 4.69) is 10.3 Å². The van der Waals surface area contributed by atoms with Crippen LogP contribution < -0.4 is 19.7 Å². The maximum atomic E-state index is 13.4. The van der Waals surface area contributed by atoms with Gasteiger partial charge in [-0.15, -0.1) is 0 Å². The second-order valence-electron chi connectivity index (χ2n) is 8.04. The molecule has 0 unspecified atom stereocenters. The quantitative estimate of drug-likeness (QED) is 0.530. The minimum atomic E-state index is -0.485. The van der Waals surface area contributed by atoms with Gasteiger partial charge < -0.3 is 9.47 Å². The number of carbonyl (C=O) groups is 3. The molecule has 0 saturated carbocycles. The zero-order valence-corrected chi connectivity index (χ0v) is 20.1. The summed E-state index contributed by atoms with van der Waals surface area (Å²) in [5, 5.41) is 2.72. The highest BCUT2D eigenvalue weighted by molar-refractivity contribution is 8.14. The molecule has 0 spiro atoms. The Labute approximate surface area is 211 Å². The predicted octanol–water partition coefficient (Wildman–Crippen LogP) is 4.16. The number of fused-ring (bicyclic) bond motifs is 1. The third-order valence-corrected chi connectivity index (χ3v) is 6.38. The van der Waals surface area contributed by atoms with E-state index in [0.29, 0.717) is 27.9 Å². The molecule has 0 radical (unpaired) electrons. The molecule has 36 heavy (non-hydrogen) atoms. The van der Waals surface area contributed by atoms with Crippen molar-refractivity contribution in [1.29, 1.82) is 0 Å². The molecule has 2 heterocycles. The Morgan fingerprint density at radius 3 is 2.56 bits per heavy atom. The molecule has 180 valence electrons. The van der Waals surface area contributed by atoms with E-state index in [1.54, 1.807) is 48.5 Å². The lowest BCUT2D eigenvalue weighted by atomic mass is 10.1. The highest BCUT2D eigenvalue weighted by Gasteiger charge is 2.32. The van der Waals surface area contributed by atoms with Crippen LogP contribution in [0.1, 0.15) is 21.5 Å². The summed E-state index contributed by atoms with van der Waals surface area (Å²) >= 11 is 1.08. The number of imide groups is 1. The van der Waals surface area contributed by atoms with Gasteiger partial charge in [0.2, 0.25) is 12.7 Å². The zero-order valence-electron chi connectivity index (χ0n) is 19.3. The standard InChI is InChI=1S/C27H21N3O5S/c1-17-7-10-20(11-8-17)30-26(33)21(13-18-9-12-22-23(14-18)35-16-34-22)28-27(30)36-15-24(31)29-25(32)19-5-3-2-4-6-19/h2-14H,15-16H2,1H3,(H,29,31,32)/b21-13+. The molecule has 0 aliphatic carbocycles. The van der Waals surface area contributed by atoms with Crippen molar-refractivity contribution >= 4 is 46.4 Å². The van der Waals surface area contributed by atoms with E-state index in [4.69, 9.17) is 9.47 Å². The number of hydrogen-bond donors (Lipinski definition) is 1. The first kappa shape index (κ1) is 23.4. The van der Waals surface area contributed by atoms with E-state index in [0.717, 1.165) is 22.9 Å². The van der Waals surface area contributed by atoms with Crippen LogP contribution in [0.25, 0.3) is 6.08 Å². The van der Waals surface area contributed by atoms with Gasteiger partial charge in [-0.25, -0.2) is 4.99 Å². The SMILES string of the molecule is Cc1ccc(N2C(=O)/C(=C\c3ccc4c(c3)OCO4)N=C2SCC(=O)NC(=O)c2ccccc2)cc1. The minimum absolute atomic E-state index is 0.0929. The Morgan fingerprint density at radius 1 is 1.03 bits per heavy atom. The second kappa shape index (κ2) is 10.1. The smallest absolute Gasteiger partial charge is 0.283 e. The highest BCUT2D eigenvalue weighted by atomic mass is 32.2. The van der Waals surface area contributed by atoms with Crippen LogP contribution in [-0.2, 0) is 9.59 Å². The third-order valence-electron chi connectivity index (χ3n) is 5.44. The second-order valence-corrected chi connectivity index (χ2v) is 8.99. The number of nitrogens with zero attached hydrogens (tertiary/aromatic N) is 2. The molecule has 3 aromatic carbocycles. The Bertz CT molecular complexity index is 1400. The molecule has 3 aromatic rings. The molecule has 0 aromatic heterocycles. The van der Waals surface area contributed by atoms with Crippen molar-refractivity contribution in [2.75, 3.05) is 17.4 Å². The van der Waals surface area contributed by atoms with Gasteiger partial charge in [-0.1, -0.05) is 53.7 Å². The Hall–Kier alpha value is -4.37. The number of nitrogens with one attached hydrogen (secondary N) is 1. The van der Waals surface area contributed by atoms with Gasteiger partial charge in [-0.3, -0.25) is 24.6 Å². The number of aliphatic imine (C=N–C) groups is 1. The Kier molecular flexibility index (Phi) is 6.55. The van der Waals surface area contributed by atoms with E-state index in [9.17, 15) is 14.4 Å². The number of ether oxygens (including phenoxy) is 2. The molecule has 3 amide bonds. The van der Waals surface area contributed by atoms with Crippen molar-refractivity contribution < 1.29 is 23.9 Å². The maximum Gasteiger partial charge on any atom is 0.283 e. The number of benzene rings is 3. The molecule has 2 aliphatic rings. The number of anilines is 1. The number of amidine groups is 1. The molecule has 0 bridgehead atoms. The Balaban J connectivity index is 1.36. The largest absolute Gasteiger partial charge is 0.454 e. The lowest BCUT2D eigenvalue weighted by Gasteiger charge is -2.18. The zero-order chi connectivity index (χ0) is 25.1. The summed E-state index contributed by atoms with van der Waals surface area (Å²) in [5.41, 5.74) is 3.02. The van der Waals surface area contributed by atoms with Crippen LogP contribution in [0.5, 0.6) is 11.5 Å². The van der Waals surface area contributed by atoms with Crippen LogP contribution in [0.15, 0.2) is 83.5 Å². The number of amides is 3. The van der Waals surface area contributed by atoms with Gasteiger partial charge in [-0.05, 0) is 55.0 Å². The molecule has 9 heteroatoms. The topological polar surface area (TPSA) is 97.3 Å². The predicted molar refractivity (Wildman–Crippen MR) is 138 cm³/mol. The average molecular weight is 500 g/mol. The number of thioether (sulfide) groups is 1. The van der Waals surface area contributed by atoms with Gasteiger partial charge in [0.15, 0.2) is 16.7 Å². The lowest BCUT2D eigenvalue weighted by Crippen LogP contribution is -2.34. The van der Waals surface area contributed by atoms with Crippen molar-refractivity contribution in [1.82, 2.24) is 5.32 Å². The molecule has 2 aliphatic heterocycles. The van der Waals surface area contributed by atoms with Crippen molar-refractivity contribution in [2.24, 2.45) is 4.99 Å². The molecular weight excluding hydrogens is 478 g/mol. The fourth-order valence-electron chi connectivity index (χ4n) is 3.63. The van der Waals surface area contributed by atoms with Gasteiger partial charge in [0.05, 0.1) is 11.4 Å². The van der Waals surface area contributed by atoms with Crippen LogP contribution in [0, 0.1) is 6.92 Å². The van der Waals surface area contributed by atoms with Crippen molar-refractivity contribution in [3.05, 3.63) is 95.2 Å².